The summed E-state index contributed by atoms with van der Waals surface area (Å²) in [5, 5.41) is 3.07. The van der Waals surface area contributed by atoms with Gasteiger partial charge in [0.15, 0.2) is 9.84 Å². The number of piperidine rings is 1. The van der Waals surface area contributed by atoms with Crippen molar-refractivity contribution in [3.8, 4) is 0 Å². The number of hydrogen-bond acceptors (Lipinski definition) is 5. The van der Waals surface area contributed by atoms with Crippen LogP contribution in [0.1, 0.15) is 42.6 Å². The normalized spacial score (nSPS) is 16.0. The number of carbonyl (C=O) groups is 2. The quantitative estimate of drug-likeness (QED) is 0.705. The number of sulfone groups is 1. The maximum absolute atomic E-state index is 13.0. The molecule has 0 saturated carbocycles. The van der Waals surface area contributed by atoms with Gasteiger partial charge in [-0.25, -0.2) is 8.42 Å². The van der Waals surface area contributed by atoms with Crippen LogP contribution in [0, 0.1) is 18.3 Å². The summed E-state index contributed by atoms with van der Waals surface area (Å²) in [7, 11) is 0.656. The van der Waals surface area contributed by atoms with E-state index in [-0.39, 0.29) is 28.0 Å². The Hall–Kier alpha value is -1.93. The van der Waals surface area contributed by atoms with Crippen molar-refractivity contribution in [3.05, 3.63) is 29.3 Å². The lowest BCUT2D eigenvalue weighted by Gasteiger charge is -2.33. The Labute approximate surface area is 180 Å². The van der Waals surface area contributed by atoms with Gasteiger partial charge in [0.1, 0.15) is 0 Å². The van der Waals surface area contributed by atoms with Gasteiger partial charge < -0.3 is 15.1 Å². The molecule has 1 fully saturated rings. The van der Waals surface area contributed by atoms with E-state index in [2.05, 4.69) is 24.1 Å². The number of carbonyl (C=O) groups excluding carboxylic acids is 2. The smallest absolute Gasteiger partial charge is 0.254 e. The summed E-state index contributed by atoms with van der Waals surface area (Å²) in [4.78, 5) is 29.5. The molecular weight excluding hydrogens is 402 g/mol. The molecule has 0 unspecified atom stereocenters. The molecule has 1 aromatic carbocycles. The minimum atomic E-state index is -3.38. The van der Waals surface area contributed by atoms with Gasteiger partial charge in [0, 0.05) is 43.9 Å². The van der Waals surface area contributed by atoms with Crippen LogP contribution in [0.5, 0.6) is 0 Å². The number of benzene rings is 1. The predicted octanol–water partition coefficient (Wildman–Crippen LogP) is 1.95. The highest BCUT2D eigenvalue weighted by Crippen LogP contribution is 2.23. The molecular formula is C22H35N3O4S. The molecule has 1 aliphatic rings. The number of rotatable bonds is 7. The van der Waals surface area contributed by atoms with E-state index < -0.39 is 9.84 Å². The van der Waals surface area contributed by atoms with Crippen LogP contribution in [-0.4, -0.2) is 76.6 Å². The molecule has 1 saturated heterocycles. The average Bonchev–Trinajstić information content (AvgIpc) is 2.64. The van der Waals surface area contributed by atoms with E-state index in [1.807, 2.05) is 14.1 Å². The number of nitrogens with one attached hydrogen (secondary N) is 1. The van der Waals surface area contributed by atoms with E-state index in [9.17, 15) is 18.0 Å². The van der Waals surface area contributed by atoms with Gasteiger partial charge >= 0.3 is 0 Å². The fourth-order valence-electron chi connectivity index (χ4n) is 3.96. The van der Waals surface area contributed by atoms with Crippen molar-refractivity contribution in [3.63, 3.8) is 0 Å². The second kappa shape index (κ2) is 9.47. The number of amides is 2. The number of nitrogens with zero attached hydrogens (tertiary/aromatic N) is 2. The van der Waals surface area contributed by atoms with E-state index in [4.69, 9.17) is 0 Å². The van der Waals surface area contributed by atoms with Crippen LogP contribution in [0.25, 0.3) is 0 Å². The number of likely N-dealkylation sites (tertiary alicyclic amines) is 1. The summed E-state index contributed by atoms with van der Waals surface area (Å²) in [6, 6.07) is 4.65. The van der Waals surface area contributed by atoms with Gasteiger partial charge in [0.25, 0.3) is 5.91 Å². The van der Waals surface area contributed by atoms with Gasteiger partial charge in [-0.2, -0.15) is 0 Å². The highest BCUT2D eigenvalue weighted by molar-refractivity contribution is 7.90. The molecule has 0 radical (unpaired) electrons. The van der Waals surface area contributed by atoms with Crippen molar-refractivity contribution in [1.29, 1.82) is 0 Å². The third-order valence-electron chi connectivity index (χ3n) is 5.51. The molecule has 1 aromatic rings. The summed E-state index contributed by atoms with van der Waals surface area (Å²) >= 11 is 0. The lowest BCUT2D eigenvalue weighted by molar-refractivity contribution is -0.126. The van der Waals surface area contributed by atoms with Gasteiger partial charge in [-0.3, -0.25) is 9.59 Å². The van der Waals surface area contributed by atoms with Crippen molar-refractivity contribution in [2.45, 2.75) is 38.5 Å². The predicted molar refractivity (Wildman–Crippen MR) is 118 cm³/mol. The van der Waals surface area contributed by atoms with E-state index in [1.54, 1.807) is 17.9 Å². The maximum atomic E-state index is 13.0. The molecule has 7 nitrogen and oxygen atoms in total. The summed E-state index contributed by atoms with van der Waals surface area (Å²) in [6.45, 7) is 8.52. The average molecular weight is 438 g/mol. The van der Waals surface area contributed by atoms with Gasteiger partial charge in [0.2, 0.25) is 5.91 Å². The molecule has 1 N–H and O–H groups in total. The Morgan fingerprint density at radius 1 is 1.20 bits per heavy atom. The topological polar surface area (TPSA) is 86.8 Å². The maximum Gasteiger partial charge on any atom is 0.254 e. The third kappa shape index (κ3) is 6.54. The van der Waals surface area contributed by atoms with Crippen molar-refractivity contribution in [2.24, 2.45) is 11.3 Å². The van der Waals surface area contributed by atoms with Crippen LogP contribution >= 0.6 is 0 Å². The molecule has 168 valence electrons. The molecule has 30 heavy (non-hydrogen) atoms. The first kappa shape index (κ1) is 24.3. The zero-order chi connectivity index (χ0) is 22.7. The van der Waals surface area contributed by atoms with Crippen LogP contribution in [0.4, 0.5) is 0 Å². The first-order valence-electron chi connectivity index (χ1n) is 10.3. The van der Waals surface area contributed by atoms with Crippen LogP contribution in [0.15, 0.2) is 23.1 Å². The summed E-state index contributed by atoms with van der Waals surface area (Å²) in [5.74, 6) is -0.235. The van der Waals surface area contributed by atoms with E-state index in [0.717, 1.165) is 18.4 Å². The summed E-state index contributed by atoms with van der Waals surface area (Å²) in [6.07, 6.45) is 2.35. The first-order chi connectivity index (χ1) is 13.8. The van der Waals surface area contributed by atoms with Crippen molar-refractivity contribution in [2.75, 3.05) is 46.5 Å². The molecule has 0 aliphatic carbocycles. The van der Waals surface area contributed by atoms with Crippen molar-refractivity contribution in [1.82, 2.24) is 15.1 Å². The van der Waals surface area contributed by atoms with E-state index in [1.165, 1.54) is 12.1 Å². The SMILES string of the molecule is Cc1ccc(S(C)(=O)=O)cc1C(=O)N1CCC(C(=O)NCC(C)(C)CN(C)C)CC1. The van der Waals surface area contributed by atoms with Crippen LogP contribution in [-0.2, 0) is 14.6 Å². The Kier molecular flexibility index (Phi) is 7.69. The molecule has 2 amide bonds. The highest BCUT2D eigenvalue weighted by Gasteiger charge is 2.30. The second-order valence-electron chi connectivity index (χ2n) is 9.44. The molecule has 0 bridgehead atoms. The highest BCUT2D eigenvalue weighted by atomic mass is 32.2. The number of hydrogen-bond donors (Lipinski definition) is 1. The zero-order valence-corrected chi connectivity index (χ0v) is 19.8. The lowest BCUT2D eigenvalue weighted by atomic mass is 9.91. The first-order valence-corrected chi connectivity index (χ1v) is 12.2. The number of aryl methyl sites for hydroxylation is 1. The van der Waals surface area contributed by atoms with Gasteiger partial charge in [-0.15, -0.1) is 0 Å². The van der Waals surface area contributed by atoms with Crippen LogP contribution < -0.4 is 5.32 Å². The van der Waals surface area contributed by atoms with Crippen LogP contribution in [0.2, 0.25) is 0 Å². The summed E-state index contributed by atoms with van der Waals surface area (Å²) in [5.41, 5.74) is 1.14. The molecule has 1 heterocycles. The Bertz CT molecular complexity index is 886. The standard InChI is InChI=1S/C22H35N3O4S/c1-16-7-8-18(30(6,28)29)13-19(16)21(27)25-11-9-17(10-12-25)20(26)23-14-22(2,3)15-24(4)5/h7-8,13,17H,9-12,14-15H2,1-6H3,(H,23,26). The van der Waals surface area contributed by atoms with Gasteiger partial charge in [-0.05, 0) is 57.0 Å². The van der Waals surface area contributed by atoms with Gasteiger partial charge in [0.05, 0.1) is 4.90 Å². The molecule has 0 atom stereocenters. The summed E-state index contributed by atoms with van der Waals surface area (Å²) < 4.78 is 23.7. The molecule has 8 heteroatoms. The Balaban J connectivity index is 1.96. The minimum absolute atomic E-state index is 0.0159. The van der Waals surface area contributed by atoms with Crippen molar-refractivity contribution >= 4 is 21.7 Å². The Morgan fingerprint density at radius 2 is 1.80 bits per heavy atom. The molecule has 2 rings (SSSR count). The fraction of sp³-hybridized carbons (Fsp3) is 0.636. The third-order valence-corrected chi connectivity index (χ3v) is 6.62. The van der Waals surface area contributed by atoms with Crippen LogP contribution in [0.3, 0.4) is 0 Å². The van der Waals surface area contributed by atoms with Gasteiger partial charge in [-0.1, -0.05) is 19.9 Å². The molecule has 0 aromatic heterocycles. The zero-order valence-electron chi connectivity index (χ0n) is 19.0. The van der Waals surface area contributed by atoms with E-state index >= 15 is 0 Å². The fourth-order valence-corrected chi connectivity index (χ4v) is 4.61. The largest absolute Gasteiger partial charge is 0.355 e. The lowest BCUT2D eigenvalue weighted by Crippen LogP contribution is -2.46. The van der Waals surface area contributed by atoms with Crippen molar-refractivity contribution < 1.29 is 18.0 Å². The second-order valence-corrected chi connectivity index (χ2v) is 11.5. The minimum Gasteiger partial charge on any atom is -0.355 e. The monoisotopic (exact) mass is 437 g/mol. The Morgan fingerprint density at radius 3 is 2.33 bits per heavy atom. The van der Waals surface area contributed by atoms with E-state index in [0.29, 0.717) is 38.0 Å². The molecule has 0 spiro atoms. The molecule has 1 aliphatic heterocycles.